The Kier molecular flexibility index (Phi) is 7.91. The summed E-state index contributed by atoms with van der Waals surface area (Å²) >= 11 is 0. The third kappa shape index (κ3) is 5.61. The van der Waals surface area contributed by atoms with Crippen molar-refractivity contribution in [2.24, 2.45) is 17.3 Å². The average molecular weight is 468 g/mol. The Hall–Kier alpha value is -2.31. The summed E-state index contributed by atoms with van der Waals surface area (Å²) in [5.41, 5.74) is -0.970. The summed E-state index contributed by atoms with van der Waals surface area (Å²) in [6.45, 7) is 7.63. The van der Waals surface area contributed by atoms with Crippen molar-refractivity contribution in [2.75, 3.05) is 58.0 Å². The predicted molar refractivity (Wildman–Crippen MR) is 118 cm³/mol. The third-order valence-corrected chi connectivity index (χ3v) is 6.92. The Balaban J connectivity index is 1.82. The number of carbonyl (C=O) groups excluding carboxylic acids is 1. The Morgan fingerprint density at radius 2 is 1.97 bits per heavy atom. The highest BCUT2D eigenvalue weighted by atomic mass is 19.4. The molecule has 0 radical (unpaired) electrons. The maximum atomic E-state index is 13.5. The number of benzene rings is 1. The number of anilines is 1. The Labute approximate surface area is 193 Å². The van der Waals surface area contributed by atoms with Gasteiger partial charge in [0.15, 0.2) is 0 Å². The van der Waals surface area contributed by atoms with Crippen molar-refractivity contribution in [3.05, 3.63) is 29.3 Å². The van der Waals surface area contributed by atoms with Gasteiger partial charge in [-0.05, 0) is 36.5 Å². The molecule has 2 aliphatic heterocycles. The third-order valence-electron chi connectivity index (χ3n) is 6.92. The number of nitriles is 1. The van der Waals surface area contributed by atoms with Gasteiger partial charge in [0, 0.05) is 50.8 Å². The number of piperidine rings is 1. The van der Waals surface area contributed by atoms with Crippen LogP contribution in [0.1, 0.15) is 37.8 Å². The van der Waals surface area contributed by atoms with Gasteiger partial charge in [-0.3, -0.25) is 4.79 Å². The van der Waals surface area contributed by atoms with Gasteiger partial charge in [0.2, 0.25) is 5.91 Å². The van der Waals surface area contributed by atoms with E-state index in [2.05, 4.69) is 0 Å². The highest BCUT2D eigenvalue weighted by molar-refractivity contribution is 5.78. The van der Waals surface area contributed by atoms with Gasteiger partial charge in [-0.1, -0.05) is 13.8 Å². The van der Waals surface area contributed by atoms with Crippen molar-refractivity contribution in [1.82, 2.24) is 4.90 Å². The summed E-state index contributed by atoms with van der Waals surface area (Å²) in [6, 6.07) is 5.56. The van der Waals surface area contributed by atoms with E-state index < -0.39 is 11.7 Å². The number of methoxy groups -OCH3 is 1. The summed E-state index contributed by atoms with van der Waals surface area (Å²) in [4.78, 5) is 16.3. The molecule has 1 aromatic rings. The highest BCUT2D eigenvalue weighted by Gasteiger charge is 2.49. The van der Waals surface area contributed by atoms with E-state index >= 15 is 0 Å². The van der Waals surface area contributed by atoms with Crippen LogP contribution in [0.15, 0.2) is 18.2 Å². The standard InChI is InChI=1S/C24H32F3N3O3/c1-17(2)22(31)29-8-6-23(7-9-29)16-30(14-19(23)15-33-11-10-32-3)20-5-4-18(13-28)21(12-20)24(25,26)27/h4-5,12,17,19H,6-11,14-16H2,1-3H3. The van der Waals surface area contributed by atoms with E-state index in [1.807, 2.05) is 23.6 Å². The molecule has 1 atom stereocenters. The number of rotatable bonds is 7. The van der Waals surface area contributed by atoms with Gasteiger partial charge in [0.1, 0.15) is 0 Å². The minimum atomic E-state index is -4.59. The van der Waals surface area contributed by atoms with E-state index in [0.29, 0.717) is 51.7 Å². The first-order valence-electron chi connectivity index (χ1n) is 11.3. The number of likely N-dealkylation sites (tertiary alicyclic amines) is 1. The molecule has 2 heterocycles. The first-order valence-corrected chi connectivity index (χ1v) is 11.3. The SMILES string of the molecule is COCCOCC1CN(c2ccc(C#N)c(C(F)(F)F)c2)CC12CCN(C(=O)C(C)C)CC2. The number of carbonyl (C=O) groups is 1. The highest BCUT2D eigenvalue weighted by Crippen LogP contribution is 2.47. The molecule has 9 heteroatoms. The normalized spacial score (nSPS) is 20.5. The van der Waals surface area contributed by atoms with Crippen molar-refractivity contribution >= 4 is 11.6 Å². The summed E-state index contributed by atoms with van der Waals surface area (Å²) in [7, 11) is 1.60. The van der Waals surface area contributed by atoms with Gasteiger partial charge in [0.25, 0.3) is 0 Å². The molecule has 0 N–H and O–H groups in total. The summed E-state index contributed by atoms with van der Waals surface area (Å²) in [5, 5.41) is 9.11. The Bertz CT molecular complexity index is 874. The molecule has 2 saturated heterocycles. The zero-order valence-electron chi connectivity index (χ0n) is 19.5. The van der Waals surface area contributed by atoms with E-state index in [1.54, 1.807) is 19.2 Å². The molecular weight excluding hydrogens is 435 g/mol. The van der Waals surface area contributed by atoms with Crippen molar-refractivity contribution in [3.8, 4) is 6.07 Å². The molecule has 33 heavy (non-hydrogen) atoms. The molecule has 0 saturated carbocycles. The van der Waals surface area contributed by atoms with E-state index in [1.165, 1.54) is 6.07 Å². The van der Waals surface area contributed by atoms with Crippen LogP contribution in [0, 0.1) is 28.6 Å². The van der Waals surface area contributed by atoms with Crippen LogP contribution in [-0.4, -0.2) is 63.9 Å². The molecule has 0 bridgehead atoms. The van der Waals surface area contributed by atoms with Crippen LogP contribution in [0.4, 0.5) is 18.9 Å². The Morgan fingerprint density at radius 1 is 1.27 bits per heavy atom. The van der Waals surface area contributed by atoms with Gasteiger partial charge < -0.3 is 19.3 Å². The summed E-state index contributed by atoms with van der Waals surface area (Å²) in [6.07, 6.45) is -3.03. The molecular formula is C24H32F3N3O3. The number of halogens is 3. The Morgan fingerprint density at radius 3 is 2.55 bits per heavy atom. The lowest BCUT2D eigenvalue weighted by Gasteiger charge is -2.43. The van der Waals surface area contributed by atoms with Crippen molar-refractivity contribution < 1.29 is 27.4 Å². The smallest absolute Gasteiger partial charge is 0.382 e. The van der Waals surface area contributed by atoms with Crippen LogP contribution in [0.2, 0.25) is 0 Å². The van der Waals surface area contributed by atoms with Gasteiger partial charge in [0.05, 0.1) is 37.0 Å². The number of ether oxygens (including phenoxy) is 2. The molecule has 1 aromatic carbocycles. The molecule has 0 aromatic heterocycles. The second-order valence-corrected chi connectivity index (χ2v) is 9.33. The summed E-state index contributed by atoms with van der Waals surface area (Å²) in [5.74, 6) is 0.192. The minimum Gasteiger partial charge on any atom is -0.382 e. The maximum Gasteiger partial charge on any atom is 0.417 e. The molecule has 2 aliphatic rings. The monoisotopic (exact) mass is 467 g/mol. The van der Waals surface area contributed by atoms with Crippen LogP contribution in [-0.2, 0) is 20.4 Å². The minimum absolute atomic E-state index is 0.0632. The van der Waals surface area contributed by atoms with E-state index in [9.17, 15) is 18.0 Å². The second kappa shape index (κ2) is 10.3. The quantitative estimate of drug-likeness (QED) is 0.569. The number of alkyl halides is 3. The number of nitrogens with zero attached hydrogens (tertiary/aromatic N) is 3. The van der Waals surface area contributed by atoms with Gasteiger partial charge in [-0.25, -0.2) is 0 Å². The van der Waals surface area contributed by atoms with Crippen LogP contribution in [0.3, 0.4) is 0 Å². The molecule has 3 rings (SSSR count). The fraction of sp³-hybridized carbons (Fsp3) is 0.667. The molecule has 1 spiro atoms. The maximum absolute atomic E-state index is 13.5. The lowest BCUT2D eigenvalue weighted by molar-refractivity contribution is -0.138. The van der Waals surface area contributed by atoms with E-state index in [4.69, 9.17) is 14.7 Å². The molecule has 2 fully saturated rings. The van der Waals surface area contributed by atoms with Gasteiger partial charge in [-0.2, -0.15) is 18.4 Å². The zero-order chi connectivity index (χ0) is 24.2. The zero-order valence-corrected chi connectivity index (χ0v) is 19.5. The average Bonchev–Trinajstić information content (AvgIpc) is 3.13. The molecule has 182 valence electrons. The van der Waals surface area contributed by atoms with E-state index in [0.717, 1.165) is 18.9 Å². The van der Waals surface area contributed by atoms with Crippen molar-refractivity contribution in [2.45, 2.75) is 32.9 Å². The van der Waals surface area contributed by atoms with Crippen LogP contribution >= 0.6 is 0 Å². The molecule has 0 aliphatic carbocycles. The van der Waals surface area contributed by atoms with Gasteiger partial charge >= 0.3 is 6.18 Å². The fourth-order valence-corrected chi connectivity index (χ4v) is 4.99. The lowest BCUT2D eigenvalue weighted by Crippen LogP contribution is -2.48. The van der Waals surface area contributed by atoms with Crippen LogP contribution < -0.4 is 4.90 Å². The molecule has 1 amide bonds. The number of hydrogen-bond donors (Lipinski definition) is 0. The van der Waals surface area contributed by atoms with Crippen molar-refractivity contribution in [3.63, 3.8) is 0 Å². The van der Waals surface area contributed by atoms with Crippen LogP contribution in [0.5, 0.6) is 0 Å². The molecule has 6 nitrogen and oxygen atoms in total. The van der Waals surface area contributed by atoms with Crippen LogP contribution in [0.25, 0.3) is 0 Å². The predicted octanol–water partition coefficient (Wildman–Crippen LogP) is 3.94. The van der Waals surface area contributed by atoms with E-state index in [-0.39, 0.29) is 28.7 Å². The first-order chi connectivity index (χ1) is 15.6. The topological polar surface area (TPSA) is 65.8 Å². The second-order valence-electron chi connectivity index (χ2n) is 9.33. The number of amides is 1. The summed E-state index contributed by atoms with van der Waals surface area (Å²) < 4.78 is 51.4. The van der Waals surface area contributed by atoms with Gasteiger partial charge in [-0.15, -0.1) is 0 Å². The lowest BCUT2D eigenvalue weighted by atomic mass is 9.71. The van der Waals surface area contributed by atoms with Crippen molar-refractivity contribution in [1.29, 1.82) is 5.26 Å². The molecule has 1 unspecified atom stereocenters. The fourth-order valence-electron chi connectivity index (χ4n) is 4.99. The number of hydrogen-bond acceptors (Lipinski definition) is 5. The largest absolute Gasteiger partial charge is 0.417 e. The first kappa shape index (κ1) is 25.3.